The van der Waals surface area contributed by atoms with Gasteiger partial charge in [-0.3, -0.25) is 4.79 Å². The molecule has 0 aliphatic carbocycles. The van der Waals surface area contributed by atoms with E-state index in [-0.39, 0.29) is 5.92 Å². The van der Waals surface area contributed by atoms with Gasteiger partial charge < -0.3 is 19.3 Å². The summed E-state index contributed by atoms with van der Waals surface area (Å²) in [6, 6.07) is 13.2. The van der Waals surface area contributed by atoms with Crippen LogP contribution in [0.1, 0.15) is 51.2 Å². The van der Waals surface area contributed by atoms with Crippen LogP contribution in [-0.4, -0.2) is 30.9 Å². The van der Waals surface area contributed by atoms with Crippen LogP contribution in [0, 0.1) is 11.3 Å². The highest BCUT2D eigenvalue weighted by Gasteiger charge is 2.46. The fourth-order valence-electron chi connectivity index (χ4n) is 3.75. The van der Waals surface area contributed by atoms with Crippen LogP contribution in [0.25, 0.3) is 0 Å². The lowest BCUT2D eigenvalue weighted by molar-refractivity contribution is -0.148. The number of hydrogen-bond donors (Lipinski definition) is 1. The van der Waals surface area contributed by atoms with Crippen LogP contribution in [0.15, 0.2) is 42.5 Å². The van der Waals surface area contributed by atoms with E-state index in [0.29, 0.717) is 18.1 Å². The lowest BCUT2D eigenvalue weighted by Gasteiger charge is -2.39. The monoisotopic (exact) mass is 398 g/mol. The molecule has 1 N–H and O–H groups in total. The largest absolute Gasteiger partial charge is 0.497 e. The predicted molar refractivity (Wildman–Crippen MR) is 112 cm³/mol. The van der Waals surface area contributed by atoms with Gasteiger partial charge in [0.15, 0.2) is 0 Å². The maximum Gasteiger partial charge on any atom is 0.317 e. The first kappa shape index (κ1) is 21.2. The SMILES string of the molecule is CCCOc1cccc([C@H]2c3ccc(OC)cc3OC(=O)[C@@H]2C(O)C(C)(C)C)c1. The zero-order valence-electron chi connectivity index (χ0n) is 17.8. The number of carbonyl (C=O) groups is 1. The zero-order chi connectivity index (χ0) is 21.2. The Kier molecular flexibility index (Phi) is 6.18. The molecule has 1 aliphatic heterocycles. The number of carbonyl (C=O) groups excluding carboxylic acids is 1. The van der Waals surface area contributed by atoms with Crippen molar-refractivity contribution in [2.75, 3.05) is 13.7 Å². The third-order valence-corrected chi connectivity index (χ3v) is 5.32. The van der Waals surface area contributed by atoms with E-state index in [1.54, 1.807) is 13.2 Å². The maximum atomic E-state index is 13.0. The van der Waals surface area contributed by atoms with Crippen LogP contribution in [0.2, 0.25) is 0 Å². The molecule has 2 aromatic carbocycles. The fourth-order valence-corrected chi connectivity index (χ4v) is 3.75. The van der Waals surface area contributed by atoms with Gasteiger partial charge in [-0.2, -0.15) is 0 Å². The summed E-state index contributed by atoms with van der Waals surface area (Å²) in [5.74, 6) is 0.330. The van der Waals surface area contributed by atoms with E-state index in [4.69, 9.17) is 14.2 Å². The number of ether oxygens (including phenoxy) is 3. The van der Waals surface area contributed by atoms with Crippen LogP contribution >= 0.6 is 0 Å². The van der Waals surface area contributed by atoms with Crippen molar-refractivity contribution in [2.45, 2.75) is 46.1 Å². The first-order chi connectivity index (χ1) is 13.8. The van der Waals surface area contributed by atoms with Gasteiger partial charge in [-0.15, -0.1) is 0 Å². The van der Waals surface area contributed by atoms with Crippen LogP contribution in [-0.2, 0) is 4.79 Å². The first-order valence-corrected chi connectivity index (χ1v) is 10.1. The van der Waals surface area contributed by atoms with E-state index in [2.05, 4.69) is 6.92 Å². The molecule has 3 rings (SSSR count). The highest BCUT2D eigenvalue weighted by Crippen LogP contribution is 2.47. The first-order valence-electron chi connectivity index (χ1n) is 10.1. The molecule has 5 nitrogen and oxygen atoms in total. The van der Waals surface area contributed by atoms with E-state index in [9.17, 15) is 9.90 Å². The third kappa shape index (κ3) is 4.40. The van der Waals surface area contributed by atoms with Crippen molar-refractivity contribution in [3.63, 3.8) is 0 Å². The summed E-state index contributed by atoms with van der Waals surface area (Å²) in [7, 11) is 1.57. The summed E-state index contributed by atoms with van der Waals surface area (Å²) in [6.07, 6.45) is 0.0315. The van der Waals surface area contributed by atoms with Crippen molar-refractivity contribution >= 4 is 5.97 Å². The van der Waals surface area contributed by atoms with Gasteiger partial charge in [0.2, 0.25) is 0 Å². The molecule has 0 spiro atoms. The van der Waals surface area contributed by atoms with E-state index in [1.807, 2.05) is 57.2 Å². The van der Waals surface area contributed by atoms with Gasteiger partial charge in [-0.25, -0.2) is 0 Å². The zero-order valence-corrected chi connectivity index (χ0v) is 17.8. The number of aliphatic hydroxyl groups excluding tert-OH is 1. The normalized spacial score (nSPS) is 19.9. The molecule has 0 bridgehead atoms. The molecule has 0 radical (unpaired) electrons. The Bertz CT molecular complexity index is 868. The van der Waals surface area contributed by atoms with Crippen molar-refractivity contribution in [1.29, 1.82) is 0 Å². The molecule has 29 heavy (non-hydrogen) atoms. The molecule has 2 aromatic rings. The molecular formula is C24H30O5. The summed E-state index contributed by atoms with van der Waals surface area (Å²) in [4.78, 5) is 13.0. The van der Waals surface area contributed by atoms with Crippen LogP contribution < -0.4 is 14.2 Å². The second-order valence-electron chi connectivity index (χ2n) is 8.56. The van der Waals surface area contributed by atoms with E-state index < -0.39 is 23.4 Å². The molecule has 0 saturated heterocycles. The number of methoxy groups -OCH3 is 1. The Morgan fingerprint density at radius 2 is 1.90 bits per heavy atom. The average Bonchev–Trinajstić information content (AvgIpc) is 2.69. The molecular weight excluding hydrogens is 368 g/mol. The molecule has 1 heterocycles. The van der Waals surface area contributed by atoms with Crippen molar-refractivity contribution in [3.8, 4) is 17.2 Å². The topological polar surface area (TPSA) is 65.0 Å². The van der Waals surface area contributed by atoms with E-state index >= 15 is 0 Å². The van der Waals surface area contributed by atoms with Gasteiger partial charge in [0, 0.05) is 17.5 Å². The van der Waals surface area contributed by atoms with Gasteiger partial charge in [0.25, 0.3) is 0 Å². The van der Waals surface area contributed by atoms with Crippen molar-refractivity contribution in [1.82, 2.24) is 0 Å². The van der Waals surface area contributed by atoms with Crippen LogP contribution in [0.5, 0.6) is 17.2 Å². The standard InChI is InChI=1S/C24H30O5/c1-6-12-28-17-9-7-8-15(13-17)20-18-11-10-16(27-5)14-19(18)29-23(26)21(20)22(25)24(2,3)4/h7-11,13-14,20-22,25H,6,12H2,1-5H3/t20-,21-,22?/m0/s1. The average molecular weight is 398 g/mol. The predicted octanol–water partition coefficient (Wildman–Crippen LogP) is 4.56. The highest BCUT2D eigenvalue weighted by molar-refractivity contribution is 5.81. The molecule has 0 fully saturated rings. The summed E-state index contributed by atoms with van der Waals surface area (Å²) >= 11 is 0. The van der Waals surface area contributed by atoms with Crippen LogP contribution in [0.3, 0.4) is 0 Å². The van der Waals surface area contributed by atoms with Gasteiger partial charge in [-0.05, 0) is 35.6 Å². The third-order valence-electron chi connectivity index (χ3n) is 5.32. The molecule has 0 aromatic heterocycles. The number of rotatable bonds is 6. The number of aliphatic hydroxyl groups is 1. The lowest BCUT2D eigenvalue weighted by Crippen LogP contribution is -2.45. The van der Waals surface area contributed by atoms with Gasteiger partial charge >= 0.3 is 5.97 Å². The number of fused-ring (bicyclic) bond motifs is 1. The summed E-state index contributed by atoms with van der Waals surface area (Å²) in [6.45, 7) is 8.45. The quantitative estimate of drug-likeness (QED) is 0.571. The second kappa shape index (κ2) is 8.46. The summed E-state index contributed by atoms with van der Waals surface area (Å²) in [5, 5.41) is 11.1. The highest BCUT2D eigenvalue weighted by atomic mass is 16.5. The van der Waals surface area contributed by atoms with Gasteiger partial charge in [0.1, 0.15) is 17.2 Å². The van der Waals surface area contributed by atoms with E-state index in [1.165, 1.54) is 0 Å². The molecule has 3 atom stereocenters. The van der Waals surface area contributed by atoms with Crippen molar-refractivity contribution in [2.24, 2.45) is 11.3 Å². The molecule has 1 aliphatic rings. The maximum absolute atomic E-state index is 13.0. The van der Waals surface area contributed by atoms with Crippen molar-refractivity contribution in [3.05, 3.63) is 53.6 Å². The summed E-state index contributed by atoms with van der Waals surface area (Å²) in [5.41, 5.74) is 1.28. The molecule has 0 saturated carbocycles. The Balaban J connectivity index is 2.13. The Hall–Kier alpha value is -2.53. The Morgan fingerprint density at radius 1 is 1.14 bits per heavy atom. The molecule has 156 valence electrons. The fraction of sp³-hybridized carbons (Fsp3) is 0.458. The second-order valence-corrected chi connectivity index (χ2v) is 8.56. The minimum atomic E-state index is -0.879. The Morgan fingerprint density at radius 3 is 2.55 bits per heavy atom. The molecule has 1 unspecified atom stereocenters. The lowest BCUT2D eigenvalue weighted by atomic mass is 9.70. The minimum absolute atomic E-state index is 0.350. The number of esters is 1. The van der Waals surface area contributed by atoms with E-state index in [0.717, 1.165) is 23.3 Å². The minimum Gasteiger partial charge on any atom is -0.497 e. The number of benzene rings is 2. The molecule has 0 amide bonds. The van der Waals surface area contributed by atoms with Gasteiger partial charge in [0.05, 0.1) is 25.7 Å². The van der Waals surface area contributed by atoms with Crippen LogP contribution in [0.4, 0.5) is 0 Å². The van der Waals surface area contributed by atoms with Crippen molar-refractivity contribution < 1.29 is 24.1 Å². The summed E-state index contributed by atoms with van der Waals surface area (Å²) < 4.78 is 16.7. The smallest absolute Gasteiger partial charge is 0.317 e. The number of hydrogen-bond acceptors (Lipinski definition) is 5. The Labute approximate surface area is 172 Å². The van der Waals surface area contributed by atoms with Gasteiger partial charge in [-0.1, -0.05) is 45.9 Å². The molecule has 5 heteroatoms.